The Balaban J connectivity index is 2.23. The zero-order valence-corrected chi connectivity index (χ0v) is 9.85. The normalized spacial score (nSPS) is 10.3. The fraction of sp³-hybridized carbons (Fsp3) is 0.143. The number of hydrogen-bond acceptors (Lipinski definition) is 2. The topological polar surface area (TPSA) is 50.2 Å². The second kappa shape index (κ2) is 4.96. The molecule has 2 aromatic rings. The fourth-order valence-electron chi connectivity index (χ4n) is 1.71. The van der Waals surface area contributed by atoms with Crippen LogP contribution in [0.25, 0.3) is 0 Å². The number of nitrogens with zero attached hydrogens (tertiary/aromatic N) is 1. The highest BCUT2D eigenvalue weighted by molar-refractivity contribution is 5.87. The van der Waals surface area contributed by atoms with Crippen LogP contribution in [0.5, 0.6) is 0 Å². The highest BCUT2D eigenvalue weighted by Crippen LogP contribution is 2.14. The van der Waals surface area contributed by atoms with Crippen molar-refractivity contribution in [1.82, 2.24) is 4.98 Å². The van der Waals surface area contributed by atoms with E-state index in [1.165, 1.54) is 12.3 Å². The lowest BCUT2D eigenvalue weighted by Gasteiger charge is -2.06. The van der Waals surface area contributed by atoms with Crippen LogP contribution in [0.4, 0.5) is 4.39 Å². The first-order chi connectivity index (χ1) is 8.56. The zero-order valence-electron chi connectivity index (χ0n) is 9.85. The molecule has 1 heterocycles. The van der Waals surface area contributed by atoms with Crippen LogP contribution in [0, 0.1) is 12.9 Å². The van der Waals surface area contributed by atoms with Gasteiger partial charge in [0, 0.05) is 6.20 Å². The van der Waals surface area contributed by atoms with Gasteiger partial charge in [-0.15, -0.1) is 0 Å². The largest absolute Gasteiger partial charge is 0.478 e. The van der Waals surface area contributed by atoms with Crippen LogP contribution in [-0.4, -0.2) is 16.1 Å². The van der Waals surface area contributed by atoms with Gasteiger partial charge in [0.05, 0.1) is 5.56 Å². The van der Waals surface area contributed by atoms with Crippen molar-refractivity contribution in [3.63, 3.8) is 0 Å². The van der Waals surface area contributed by atoms with Gasteiger partial charge >= 0.3 is 5.97 Å². The smallest absolute Gasteiger partial charge is 0.335 e. The summed E-state index contributed by atoms with van der Waals surface area (Å²) in [5.74, 6) is -1.45. The van der Waals surface area contributed by atoms with Crippen molar-refractivity contribution in [1.29, 1.82) is 0 Å². The molecule has 0 fully saturated rings. The molecule has 4 heteroatoms. The van der Waals surface area contributed by atoms with Crippen molar-refractivity contribution < 1.29 is 14.3 Å². The van der Waals surface area contributed by atoms with Gasteiger partial charge in [0.2, 0.25) is 5.95 Å². The van der Waals surface area contributed by atoms with Crippen LogP contribution in [0.3, 0.4) is 0 Å². The lowest BCUT2D eigenvalue weighted by Crippen LogP contribution is -1.98. The number of carboxylic acid groups (broad SMARTS) is 1. The van der Waals surface area contributed by atoms with Gasteiger partial charge in [-0.25, -0.2) is 9.78 Å². The average molecular weight is 245 g/mol. The minimum absolute atomic E-state index is 0.247. The zero-order chi connectivity index (χ0) is 13.1. The number of rotatable bonds is 3. The fourth-order valence-corrected chi connectivity index (χ4v) is 1.71. The van der Waals surface area contributed by atoms with E-state index >= 15 is 0 Å². The third-order valence-electron chi connectivity index (χ3n) is 2.78. The SMILES string of the molecule is Cc1cnc(F)cc1Cc1ccc(C(=O)O)cc1. The van der Waals surface area contributed by atoms with E-state index < -0.39 is 11.9 Å². The predicted molar refractivity (Wildman–Crippen MR) is 65.1 cm³/mol. The number of benzene rings is 1. The molecule has 1 aromatic heterocycles. The Bertz CT molecular complexity index is 579. The molecule has 0 amide bonds. The van der Waals surface area contributed by atoms with Gasteiger partial charge in [0.25, 0.3) is 0 Å². The van der Waals surface area contributed by atoms with Crippen molar-refractivity contribution in [2.24, 2.45) is 0 Å². The Kier molecular flexibility index (Phi) is 3.37. The summed E-state index contributed by atoms with van der Waals surface area (Å²) in [6.07, 6.45) is 2.06. The molecule has 0 saturated carbocycles. The van der Waals surface area contributed by atoms with Gasteiger partial charge in [-0.3, -0.25) is 0 Å². The van der Waals surface area contributed by atoms with E-state index in [2.05, 4.69) is 4.98 Å². The molecule has 2 rings (SSSR count). The highest BCUT2D eigenvalue weighted by atomic mass is 19.1. The molecule has 0 aliphatic carbocycles. The molecule has 1 aromatic carbocycles. The Morgan fingerprint density at radius 1 is 1.33 bits per heavy atom. The van der Waals surface area contributed by atoms with Crippen molar-refractivity contribution in [2.75, 3.05) is 0 Å². The molecule has 1 N–H and O–H groups in total. The van der Waals surface area contributed by atoms with E-state index in [-0.39, 0.29) is 5.56 Å². The van der Waals surface area contributed by atoms with E-state index in [4.69, 9.17) is 5.11 Å². The van der Waals surface area contributed by atoms with Gasteiger partial charge < -0.3 is 5.11 Å². The van der Waals surface area contributed by atoms with Gasteiger partial charge in [-0.05, 0) is 48.2 Å². The maximum atomic E-state index is 13.0. The summed E-state index contributed by atoms with van der Waals surface area (Å²) in [6, 6.07) is 7.97. The molecule has 0 unspecified atom stereocenters. The number of carbonyl (C=O) groups is 1. The number of carboxylic acids is 1. The summed E-state index contributed by atoms with van der Waals surface area (Å²) in [7, 11) is 0. The highest BCUT2D eigenvalue weighted by Gasteiger charge is 2.05. The Morgan fingerprint density at radius 2 is 2.00 bits per heavy atom. The lowest BCUT2D eigenvalue weighted by molar-refractivity contribution is 0.0697. The maximum absolute atomic E-state index is 13.0. The van der Waals surface area contributed by atoms with Gasteiger partial charge in [-0.1, -0.05) is 12.1 Å². The molecule has 0 aliphatic heterocycles. The molecule has 0 saturated heterocycles. The minimum atomic E-state index is -0.951. The molecular formula is C14H12FNO2. The van der Waals surface area contributed by atoms with Crippen molar-refractivity contribution in [3.8, 4) is 0 Å². The molecular weight excluding hydrogens is 233 g/mol. The quantitative estimate of drug-likeness (QED) is 0.846. The van der Waals surface area contributed by atoms with Gasteiger partial charge in [0.15, 0.2) is 0 Å². The number of halogens is 1. The molecule has 92 valence electrons. The third-order valence-corrected chi connectivity index (χ3v) is 2.78. The minimum Gasteiger partial charge on any atom is -0.478 e. The van der Waals surface area contributed by atoms with E-state index in [0.29, 0.717) is 6.42 Å². The van der Waals surface area contributed by atoms with E-state index in [1.54, 1.807) is 24.3 Å². The van der Waals surface area contributed by atoms with Crippen LogP contribution >= 0.6 is 0 Å². The van der Waals surface area contributed by atoms with Crippen molar-refractivity contribution in [2.45, 2.75) is 13.3 Å². The molecule has 3 nitrogen and oxygen atoms in total. The Hall–Kier alpha value is -2.23. The van der Waals surface area contributed by atoms with E-state index in [0.717, 1.165) is 16.7 Å². The summed E-state index contributed by atoms with van der Waals surface area (Å²) in [5.41, 5.74) is 2.95. The Labute approximate surface area is 104 Å². The first-order valence-corrected chi connectivity index (χ1v) is 5.49. The average Bonchev–Trinajstić information content (AvgIpc) is 2.34. The molecule has 0 spiro atoms. The van der Waals surface area contributed by atoms with Crippen LogP contribution in [0.2, 0.25) is 0 Å². The van der Waals surface area contributed by atoms with Crippen LogP contribution in [0.1, 0.15) is 27.0 Å². The lowest BCUT2D eigenvalue weighted by atomic mass is 10.0. The maximum Gasteiger partial charge on any atom is 0.335 e. The van der Waals surface area contributed by atoms with Crippen molar-refractivity contribution in [3.05, 3.63) is 64.7 Å². The van der Waals surface area contributed by atoms with Gasteiger partial charge in [-0.2, -0.15) is 4.39 Å². The molecule has 18 heavy (non-hydrogen) atoms. The number of aromatic nitrogens is 1. The molecule has 0 bridgehead atoms. The van der Waals surface area contributed by atoms with Crippen LogP contribution in [-0.2, 0) is 6.42 Å². The second-order valence-corrected chi connectivity index (χ2v) is 4.11. The van der Waals surface area contributed by atoms with E-state index in [1.807, 2.05) is 6.92 Å². The van der Waals surface area contributed by atoms with E-state index in [9.17, 15) is 9.18 Å². The third kappa shape index (κ3) is 2.71. The number of aromatic carboxylic acids is 1. The summed E-state index contributed by atoms with van der Waals surface area (Å²) >= 11 is 0. The predicted octanol–water partition coefficient (Wildman–Crippen LogP) is 2.82. The standard InChI is InChI=1S/C14H12FNO2/c1-9-8-16-13(15)7-12(9)6-10-2-4-11(5-3-10)14(17)18/h2-5,7-8H,6H2,1H3,(H,17,18). The van der Waals surface area contributed by atoms with Crippen LogP contribution < -0.4 is 0 Å². The first kappa shape index (κ1) is 12.2. The van der Waals surface area contributed by atoms with Gasteiger partial charge in [0.1, 0.15) is 0 Å². The Morgan fingerprint density at radius 3 is 2.61 bits per heavy atom. The summed E-state index contributed by atoms with van der Waals surface area (Å²) < 4.78 is 13.0. The number of hydrogen-bond donors (Lipinski definition) is 1. The molecule has 0 radical (unpaired) electrons. The van der Waals surface area contributed by atoms with Crippen molar-refractivity contribution >= 4 is 5.97 Å². The summed E-state index contributed by atoms with van der Waals surface area (Å²) in [6.45, 7) is 1.87. The second-order valence-electron chi connectivity index (χ2n) is 4.11. The summed E-state index contributed by atoms with van der Waals surface area (Å²) in [5, 5.41) is 8.79. The molecule has 0 atom stereocenters. The number of pyridine rings is 1. The first-order valence-electron chi connectivity index (χ1n) is 5.49. The number of aryl methyl sites for hydroxylation is 1. The van der Waals surface area contributed by atoms with Crippen LogP contribution in [0.15, 0.2) is 36.5 Å². The monoisotopic (exact) mass is 245 g/mol. The molecule has 0 aliphatic rings. The summed E-state index contributed by atoms with van der Waals surface area (Å²) in [4.78, 5) is 14.3.